The van der Waals surface area contributed by atoms with E-state index >= 15 is 0 Å². The van der Waals surface area contributed by atoms with Crippen LogP contribution in [0.5, 0.6) is 11.5 Å². The molecule has 0 fully saturated rings. The lowest BCUT2D eigenvalue weighted by Gasteiger charge is -2.22. The standard InChI is InChI=1S/C19H22ClN3O5/c1-19(2,3)14-10-13(28-8-4-7-24)11-16(18(14)25)22-21-15-6-5-12(20)9-17(15)23(26)27/h5-6,9-11,24-25H,4,7-8H2,1-3H3/b22-21+. The molecule has 0 heterocycles. The fraction of sp³-hybridized carbons (Fsp3) is 0.368. The van der Waals surface area contributed by atoms with Crippen molar-refractivity contribution < 1.29 is 19.9 Å². The highest BCUT2D eigenvalue weighted by molar-refractivity contribution is 6.30. The zero-order valence-electron chi connectivity index (χ0n) is 15.8. The number of nitro groups is 1. The highest BCUT2D eigenvalue weighted by atomic mass is 35.5. The number of aromatic hydroxyl groups is 1. The SMILES string of the molecule is CC(C)(C)c1cc(OCCCO)cc(/N=N/c2ccc(Cl)cc2[N+](=O)[O-])c1O. The third-order valence-electron chi connectivity index (χ3n) is 3.84. The van der Waals surface area contributed by atoms with Crippen molar-refractivity contribution in [2.75, 3.05) is 13.2 Å². The highest BCUT2D eigenvalue weighted by Crippen LogP contribution is 2.42. The average molecular weight is 408 g/mol. The zero-order chi connectivity index (χ0) is 20.9. The Labute approximate surface area is 167 Å². The molecule has 0 aliphatic heterocycles. The molecule has 0 saturated heterocycles. The monoisotopic (exact) mass is 407 g/mol. The van der Waals surface area contributed by atoms with Crippen LogP contribution < -0.4 is 4.74 Å². The van der Waals surface area contributed by atoms with Crippen molar-refractivity contribution in [3.63, 3.8) is 0 Å². The first-order chi connectivity index (χ1) is 13.1. The van der Waals surface area contributed by atoms with E-state index in [4.69, 9.17) is 21.4 Å². The van der Waals surface area contributed by atoms with Gasteiger partial charge in [-0.25, -0.2) is 0 Å². The van der Waals surface area contributed by atoms with Crippen molar-refractivity contribution >= 4 is 28.7 Å². The van der Waals surface area contributed by atoms with E-state index in [1.165, 1.54) is 24.3 Å². The maximum atomic E-state index is 11.2. The predicted molar refractivity (Wildman–Crippen MR) is 106 cm³/mol. The molecule has 0 amide bonds. The minimum absolute atomic E-state index is 0.00297. The minimum atomic E-state index is -0.602. The van der Waals surface area contributed by atoms with Crippen molar-refractivity contribution in [1.29, 1.82) is 0 Å². The molecule has 0 bridgehead atoms. The Bertz CT molecular complexity index is 894. The van der Waals surface area contributed by atoms with Crippen LogP contribution in [0.15, 0.2) is 40.6 Å². The summed E-state index contributed by atoms with van der Waals surface area (Å²) in [6, 6.07) is 7.24. The topological polar surface area (TPSA) is 118 Å². The van der Waals surface area contributed by atoms with Crippen LogP contribution in [0, 0.1) is 10.1 Å². The summed E-state index contributed by atoms with van der Waals surface area (Å²) in [4.78, 5) is 10.6. The number of hydrogen-bond donors (Lipinski definition) is 2. The zero-order valence-corrected chi connectivity index (χ0v) is 16.6. The lowest BCUT2D eigenvalue weighted by molar-refractivity contribution is -0.384. The number of azo groups is 1. The van der Waals surface area contributed by atoms with Gasteiger partial charge in [-0.3, -0.25) is 10.1 Å². The van der Waals surface area contributed by atoms with Gasteiger partial charge in [0.1, 0.15) is 17.2 Å². The van der Waals surface area contributed by atoms with Gasteiger partial charge in [-0.05, 0) is 23.6 Å². The van der Waals surface area contributed by atoms with Gasteiger partial charge in [0, 0.05) is 35.7 Å². The van der Waals surface area contributed by atoms with Gasteiger partial charge in [0.15, 0.2) is 5.69 Å². The molecule has 2 rings (SSSR count). The Hall–Kier alpha value is -2.71. The summed E-state index contributed by atoms with van der Waals surface area (Å²) >= 11 is 5.80. The molecule has 0 aliphatic rings. The van der Waals surface area contributed by atoms with E-state index < -0.39 is 10.3 Å². The molecule has 0 radical (unpaired) electrons. The Kier molecular flexibility index (Phi) is 6.93. The Morgan fingerprint density at radius 3 is 2.46 bits per heavy atom. The van der Waals surface area contributed by atoms with Crippen molar-refractivity contribution in [1.82, 2.24) is 0 Å². The maximum absolute atomic E-state index is 11.2. The summed E-state index contributed by atoms with van der Waals surface area (Å²) in [6.45, 7) is 6.06. The molecule has 150 valence electrons. The van der Waals surface area contributed by atoms with E-state index in [9.17, 15) is 15.2 Å². The van der Waals surface area contributed by atoms with E-state index in [1.807, 2.05) is 20.8 Å². The van der Waals surface area contributed by atoms with Gasteiger partial charge in [0.25, 0.3) is 5.69 Å². The van der Waals surface area contributed by atoms with Gasteiger partial charge in [-0.2, -0.15) is 0 Å². The van der Waals surface area contributed by atoms with Crippen molar-refractivity contribution in [2.24, 2.45) is 10.2 Å². The lowest BCUT2D eigenvalue weighted by Crippen LogP contribution is -2.12. The Balaban J connectivity index is 2.48. The van der Waals surface area contributed by atoms with Crippen LogP contribution in [0.25, 0.3) is 0 Å². The van der Waals surface area contributed by atoms with Gasteiger partial charge in [0.2, 0.25) is 0 Å². The van der Waals surface area contributed by atoms with Gasteiger partial charge >= 0.3 is 0 Å². The second kappa shape index (κ2) is 8.99. The highest BCUT2D eigenvalue weighted by Gasteiger charge is 2.22. The number of ether oxygens (including phenoxy) is 1. The first-order valence-corrected chi connectivity index (χ1v) is 8.98. The number of aliphatic hydroxyl groups is 1. The molecular formula is C19H22ClN3O5. The third-order valence-corrected chi connectivity index (χ3v) is 4.08. The molecular weight excluding hydrogens is 386 g/mol. The lowest BCUT2D eigenvalue weighted by atomic mass is 9.86. The fourth-order valence-corrected chi connectivity index (χ4v) is 2.58. The largest absolute Gasteiger partial charge is 0.505 e. The van der Waals surface area contributed by atoms with Crippen molar-refractivity contribution in [2.45, 2.75) is 32.6 Å². The molecule has 0 aromatic heterocycles. The quantitative estimate of drug-likeness (QED) is 0.274. The molecule has 8 nitrogen and oxygen atoms in total. The average Bonchev–Trinajstić information content (AvgIpc) is 2.61. The fourth-order valence-electron chi connectivity index (χ4n) is 2.41. The van der Waals surface area contributed by atoms with Crippen LogP contribution in [0.1, 0.15) is 32.8 Å². The van der Waals surface area contributed by atoms with Crippen molar-refractivity contribution in [3.8, 4) is 11.5 Å². The molecule has 9 heteroatoms. The first-order valence-electron chi connectivity index (χ1n) is 8.60. The van der Waals surface area contributed by atoms with Crippen LogP contribution in [-0.4, -0.2) is 28.4 Å². The number of rotatable bonds is 7. The number of hydrogen-bond acceptors (Lipinski definition) is 7. The molecule has 0 atom stereocenters. The summed E-state index contributed by atoms with van der Waals surface area (Å²) in [7, 11) is 0. The number of halogens is 1. The minimum Gasteiger partial charge on any atom is -0.505 e. The number of nitrogens with zero attached hydrogens (tertiary/aromatic N) is 3. The maximum Gasteiger partial charge on any atom is 0.298 e. The van der Waals surface area contributed by atoms with Crippen LogP contribution in [0.4, 0.5) is 17.1 Å². The molecule has 2 N–H and O–H groups in total. The van der Waals surface area contributed by atoms with E-state index in [-0.39, 0.29) is 34.4 Å². The number of aliphatic hydroxyl groups excluding tert-OH is 1. The Morgan fingerprint density at radius 1 is 1.18 bits per heavy atom. The summed E-state index contributed by atoms with van der Waals surface area (Å²) in [5.41, 5.74) is 0.0285. The molecule has 28 heavy (non-hydrogen) atoms. The van der Waals surface area contributed by atoms with Gasteiger partial charge in [0.05, 0.1) is 11.5 Å². The molecule has 0 aliphatic carbocycles. The summed E-state index contributed by atoms with van der Waals surface area (Å²) in [6.07, 6.45) is 0.458. The number of benzene rings is 2. The molecule has 0 unspecified atom stereocenters. The normalized spacial score (nSPS) is 11.8. The summed E-state index contributed by atoms with van der Waals surface area (Å²) < 4.78 is 5.61. The van der Waals surface area contributed by atoms with Crippen LogP contribution >= 0.6 is 11.6 Å². The van der Waals surface area contributed by atoms with E-state index in [2.05, 4.69) is 10.2 Å². The van der Waals surface area contributed by atoms with Gasteiger partial charge < -0.3 is 14.9 Å². The van der Waals surface area contributed by atoms with E-state index in [0.29, 0.717) is 24.3 Å². The Morgan fingerprint density at radius 2 is 1.86 bits per heavy atom. The molecule has 0 spiro atoms. The predicted octanol–water partition coefficient (Wildman–Crippen LogP) is 5.43. The third kappa shape index (κ3) is 5.40. The second-order valence-electron chi connectivity index (χ2n) is 7.10. The van der Waals surface area contributed by atoms with Crippen LogP contribution in [-0.2, 0) is 5.41 Å². The molecule has 2 aromatic rings. The van der Waals surface area contributed by atoms with Crippen molar-refractivity contribution in [3.05, 3.63) is 51.0 Å². The number of phenols is 1. The second-order valence-corrected chi connectivity index (χ2v) is 7.54. The molecule has 0 saturated carbocycles. The summed E-state index contributed by atoms with van der Waals surface area (Å²) in [5.74, 6) is 0.373. The van der Waals surface area contributed by atoms with Crippen LogP contribution in [0.3, 0.4) is 0 Å². The number of phenolic OH excluding ortho intramolecular Hbond substituents is 1. The molecule has 2 aromatic carbocycles. The van der Waals surface area contributed by atoms with Gasteiger partial charge in [-0.15, -0.1) is 10.2 Å². The summed E-state index contributed by atoms with van der Waals surface area (Å²) in [5, 5.41) is 38.9. The smallest absolute Gasteiger partial charge is 0.298 e. The van der Waals surface area contributed by atoms with Crippen LogP contribution in [0.2, 0.25) is 5.02 Å². The number of nitro benzene ring substituents is 1. The van der Waals surface area contributed by atoms with E-state index in [0.717, 1.165) is 0 Å². The first kappa shape index (κ1) is 21.6. The van der Waals surface area contributed by atoms with Gasteiger partial charge in [-0.1, -0.05) is 32.4 Å². The van der Waals surface area contributed by atoms with E-state index in [1.54, 1.807) is 6.07 Å².